The lowest BCUT2D eigenvalue weighted by molar-refractivity contribution is -0.118. The third kappa shape index (κ3) is 4.77. The van der Waals surface area contributed by atoms with E-state index >= 15 is 0 Å². The Morgan fingerprint density at radius 1 is 1.38 bits per heavy atom. The van der Waals surface area contributed by atoms with Gasteiger partial charge in [-0.2, -0.15) is 0 Å². The van der Waals surface area contributed by atoms with Crippen LogP contribution in [0.4, 0.5) is 4.39 Å². The smallest absolute Gasteiger partial charge is 0.230 e. The van der Waals surface area contributed by atoms with Gasteiger partial charge in [-0.25, -0.2) is 4.39 Å². The topological polar surface area (TPSA) is 44.9 Å². The number of thioether (sulfide) groups is 1. The van der Waals surface area contributed by atoms with Crippen LogP contribution in [0.2, 0.25) is 0 Å². The second kappa shape index (κ2) is 6.52. The van der Waals surface area contributed by atoms with Crippen molar-refractivity contribution < 1.29 is 9.18 Å². The molecule has 0 radical (unpaired) electrons. The fraction of sp³-hybridized carbons (Fsp3) is 0.438. The predicted molar refractivity (Wildman–Crippen MR) is 87.2 cm³/mol. The molecule has 0 saturated carbocycles. The largest absolute Gasteiger partial charge is 0.361 e. The van der Waals surface area contributed by atoms with Gasteiger partial charge >= 0.3 is 0 Å². The summed E-state index contributed by atoms with van der Waals surface area (Å²) < 4.78 is 13.2. The Kier molecular flexibility index (Phi) is 4.93. The van der Waals surface area contributed by atoms with Crippen molar-refractivity contribution in [2.24, 2.45) is 0 Å². The van der Waals surface area contributed by atoms with E-state index in [1.165, 1.54) is 12.1 Å². The van der Waals surface area contributed by atoms with E-state index in [2.05, 4.69) is 31.1 Å². The van der Waals surface area contributed by atoms with Crippen molar-refractivity contribution in [3.63, 3.8) is 0 Å². The summed E-state index contributed by atoms with van der Waals surface area (Å²) in [6, 6.07) is 4.71. The van der Waals surface area contributed by atoms with Gasteiger partial charge in [0, 0.05) is 28.4 Å². The highest BCUT2D eigenvalue weighted by atomic mass is 32.2. The molecule has 2 N–H and O–H groups in total. The van der Waals surface area contributed by atoms with Crippen molar-refractivity contribution in [2.75, 3.05) is 12.3 Å². The summed E-state index contributed by atoms with van der Waals surface area (Å²) in [5, 5.41) is 3.93. The molecule has 0 saturated heterocycles. The number of rotatable bonds is 5. The molecule has 21 heavy (non-hydrogen) atoms. The number of amides is 1. The number of hydrogen-bond donors (Lipinski definition) is 2. The van der Waals surface area contributed by atoms with Crippen LogP contribution in [-0.4, -0.2) is 27.9 Å². The molecule has 2 rings (SSSR count). The molecule has 0 fully saturated rings. The number of benzene rings is 1. The van der Waals surface area contributed by atoms with E-state index in [1.54, 1.807) is 17.8 Å². The summed E-state index contributed by atoms with van der Waals surface area (Å²) in [5.41, 5.74) is 1.88. The monoisotopic (exact) mass is 308 g/mol. The van der Waals surface area contributed by atoms with E-state index in [-0.39, 0.29) is 16.5 Å². The summed E-state index contributed by atoms with van der Waals surface area (Å²) >= 11 is 1.63. The molecule has 0 unspecified atom stereocenters. The first-order valence-corrected chi connectivity index (χ1v) is 8.00. The number of aromatic amines is 1. The average Bonchev–Trinajstić information content (AvgIpc) is 2.78. The maximum absolute atomic E-state index is 13.1. The Hall–Kier alpha value is -1.49. The van der Waals surface area contributed by atoms with Crippen molar-refractivity contribution in [3.8, 4) is 0 Å². The Morgan fingerprint density at radius 2 is 2.14 bits per heavy atom. The lowest BCUT2D eigenvalue weighted by Crippen LogP contribution is -2.28. The fourth-order valence-corrected chi connectivity index (χ4v) is 2.70. The first-order valence-electron chi connectivity index (χ1n) is 7.01. The van der Waals surface area contributed by atoms with Crippen molar-refractivity contribution in [1.29, 1.82) is 0 Å². The van der Waals surface area contributed by atoms with Crippen molar-refractivity contribution in [2.45, 2.75) is 31.9 Å². The van der Waals surface area contributed by atoms with Crippen LogP contribution in [0.3, 0.4) is 0 Å². The molecule has 1 heterocycles. The number of carbonyl (C=O) groups excluding carboxylic acids is 1. The van der Waals surface area contributed by atoms with Gasteiger partial charge in [0.1, 0.15) is 5.82 Å². The highest BCUT2D eigenvalue weighted by molar-refractivity contribution is 8.01. The first kappa shape index (κ1) is 15.9. The van der Waals surface area contributed by atoms with Crippen molar-refractivity contribution in [1.82, 2.24) is 10.3 Å². The third-order valence-electron chi connectivity index (χ3n) is 3.08. The van der Waals surface area contributed by atoms with Crippen molar-refractivity contribution in [3.05, 3.63) is 35.8 Å². The summed E-state index contributed by atoms with van der Waals surface area (Å²) in [5.74, 6) is 0.284. The van der Waals surface area contributed by atoms with Crippen LogP contribution >= 0.6 is 11.8 Å². The lowest BCUT2D eigenvalue weighted by atomic mass is 10.1. The first-order chi connectivity index (χ1) is 9.85. The molecule has 0 aliphatic heterocycles. The van der Waals surface area contributed by atoms with Gasteiger partial charge in [0.2, 0.25) is 5.91 Å². The minimum atomic E-state index is -0.247. The quantitative estimate of drug-likeness (QED) is 0.888. The number of hydrogen-bond acceptors (Lipinski definition) is 2. The minimum Gasteiger partial charge on any atom is -0.361 e. The standard InChI is InChI=1S/C16H21FN2OS/c1-16(2,3)21-10-15(20)18-7-6-11-9-19-14-8-12(17)4-5-13(11)14/h4-5,8-9,19H,6-7,10H2,1-3H3,(H,18,20). The van der Waals surface area contributed by atoms with Gasteiger partial charge in [-0.05, 0) is 30.2 Å². The zero-order valence-corrected chi connectivity index (χ0v) is 13.4. The molecule has 1 amide bonds. The second-order valence-corrected chi connectivity index (χ2v) is 7.81. The van der Waals surface area contributed by atoms with Gasteiger partial charge in [0.15, 0.2) is 0 Å². The van der Waals surface area contributed by atoms with Crippen molar-refractivity contribution >= 4 is 28.6 Å². The number of halogens is 1. The van der Waals surface area contributed by atoms with Gasteiger partial charge in [0.05, 0.1) is 5.75 Å². The zero-order valence-electron chi connectivity index (χ0n) is 12.6. The molecule has 1 aromatic carbocycles. The Morgan fingerprint density at radius 3 is 2.86 bits per heavy atom. The molecule has 3 nitrogen and oxygen atoms in total. The molecule has 0 atom stereocenters. The third-order valence-corrected chi connectivity index (χ3v) is 4.35. The molecule has 5 heteroatoms. The van der Waals surface area contributed by atoms with E-state index in [0.717, 1.165) is 22.9 Å². The van der Waals surface area contributed by atoms with E-state index in [0.29, 0.717) is 12.3 Å². The average molecular weight is 308 g/mol. The van der Waals surface area contributed by atoms with Crippen LogP contribution in [0.5, 0.6) is 0 Å². The molecule has 0 bridgehead atoms. The van der Waals surface area contributed by atoms with Crippen LogP contribution in [0.15, 0.2) is 24.4 Å². The zero-order chi connectivity index (χ0) is 15.5. The Bertz CT molecular complexity index is 631. The maximum Gasteiger partial charge on any atom is 0.230 e. The van der Waals surface area contributed by atoms with Crippen LogP contribution in [0.1, 0.15) is 26.3 Å². The SMILES string of the molecule is CC(C)(C)SCC(=O)NCCc1c[nH]c2cc(F)ccc12. The van der Waals surface area contributed by atoms with Gasteiger partial charge in [-0.3, -0.25) is 4.79 Å². The molecule has 1 aromatic heterocycles. The summed E-state index contributed by atoms with van der Waals surface area (Å²) in [4.78, 5) is 14.8. The summed E-state index contributed by atoms with van der Waals surface area (Å²) in [6.45, 7) is 6.87. The fourth-order valence-electron chi connectivity index (χ4n) is 2.04. The van der Waals surface area contributed by atoms with Crippen LogP contribution in [0.25, 0.3) is 10.9 Å². The second-order valence-electron chi connectivity index (χ2n) is 6.00. The molecular formula is C16H21FN2OS. The lowest BCUT2D eigenvalue weighted by Gasteiger charge is -2.16. The van der Waals surface area contributed by atoms with Crippen LogP contribution < -0.4 is 5.32 Å². The molecule has 0 spiro atoms. The molecule has 0 aliphatic carbocycles. The number of carbonyl (C=O) groups is 1. The number of aromatic nitrogens is 1. The van der Waals surface area contributed by atoms with Crippen LogP contribution in [-0.2, 0) is 11.2 Å². The minimum absolute atomic E-state index is 0.0563. The van der Waals surface area contributed by atoms with Crippen LogP contribution in [0, 0.1) is 5.82 Å². The summed E-state index contributed by atoms with van der Waals surface area (Å²) in [6.07, 6.45) is 2.61. The molecule has 114 valence electrons. The molecule has 0 aliphatic rings. The number of H-pyrrole nitrogens is 1. The molecule has 2 aromatic rings. The Labute approximate surface area is 128 Å². The molecular weight excluding hydrogens is 287 g/mol. The van der Waals surface area contributed by atoms with Gasteiger partial charge < -0.3 is 10.3 Å². The van der Waals surface area contributed by atoms with E-state index in [9.17, 15) is 9.18 Å². The summed E-state index contributed by atoms with van der Waals surface area (Å²) in [7, 11) is 0. The normalized spacial score (nSPS) is 11.8. The van der Waals surface area contributed by atoms with Gasteiger partial charge in [0.25, 0.3) is 0 Å². The van der Waals surface area contributed by atoms with E-state index in [1.807, 2.05) is 6.20 Å². The highest BCUT2D eigenvalue weighted by Gasteiger charge is 2.13. The van der Waals surface area contributed by atoms with Gasteiger partial charge in [-0.1, -0.05) is 20.8 Å². The van der Waals surface area contributed by atoms with E-state index in [4.69, 9.17) is 0 Å². The predicted octanol–water partition coefficient (Wildman–Crippen LogP) is 3.50. The van der Waals surface area contributed by atoms with E-state index < -0.39 is 0 Å². The number of nitrogens with one attached hydrogen (secondary N) is 2. The number of fused-ring (bicyclic) bond motifs is 1. The van der Waals surface area contributed by atoms with Gasteiger partial charge in [-0.15, -0.1) is 11.8 Å². The Balaban J connectivity index is 1.84. The maximum atomic E-state index is 13.1. The highest BCUT2D eigenvalue weighted by Crippen LogP contribution is 2.22.